The van der Waals surface area contributed by atoms with E-state index in [1.165, 1.54) is 23.5 Å². The molecule has 154 valence electrons. The first-order valence-electron chi connectivity index (χ1n) is 9.00. The minimum absolute atomic E-state index is 0.311. The van der Waals surface area contributed by atoms with Crippen molar-refractivity contribution in [1.82, 2.24) is 19.9 Å². The van der Waals surface area contributed by atoms with Gasteiger partial charge in [0.25, 0.3) is 0 Å². The van der Waals surface area contributed by atoms with E-state index >= 15 is 0 Å². The first kappa shape index (κ1) is 19.6. The third-order valence-electron chi connectivity index (χ3n) is 4.70. The molecule has 1 fully saturated rings. The van der Waals surface area contributed by atoms with Gasteiger partial charge in [-0.3, -0.25) is 4.79 Å². The van der Waals surface area contributed by atoms with Crippen LogP contribution in [0.4, 0.5) is 22.7 Å². The zero-order chi connectivity index (χ0) is 20.6. The highest BCUT2D eigenvalue weighted by atomic mass is 32.1. The number of imidazole rings is 1. The lowest BCUT2D eigenvalue weighted by Crippen LogP contribution is -2.45. The van der Waals surface area contributed by atoms with Crippen molar-refractivity contribution < 1.29 is 22.4 Å². The molecule has 1 aromatic carbocycles. The van der Waals surface area contributed by atoms with Crippen molar-refractivity contribution in [3.63, 3.8) is 0 Å². The van der Waals surface area contributed by atoms with Crippen LogP contribution in [0.5, 0.6) is 0 Å². The van der Waals surface area contributed by atoms with Crippen molar-refractivity contribution >= 4 is 27.3 Å². The number of anilines is 1. The summed E-state index contributed by atoms with van der Waals surface area (Å²) in [4.78, 5) is 19.1. The lowest BCUT2D eigenvalue weighted by Gasteiger charge is -2.31. The smallest absolute Gasteiger partial charge is 0.347 e. The average molecular weight is 427 g/mol. The van der Waals surface area contributed by atoms with Crippen molar-refractivity contribution in [3.05, 3.63) is 36.3 Å². The number of halogens is 4. The van der Waals surface area contributed by atoms with Gasteiger partial charge in [-0.1, -0.05) is 11.3 Å². The molecule has 29 heavy (non-hydrogen) atoms. The summed E-state index contributed by atoms with van der Waals surface area (Å²) in [5, 5.41) is 7.11. The molecule has 1 N–H and O–H groups in total. The summed E-state index contributed by atoms with van der Waals surface area (Å²) in [6, 6.07) is 5.99. The number of aromatic nitrogens is 3. The third kappa shape index (κ3) is 4.50. The molecule has 1 aliphatic heterocycles. The van der Waals surface area contributed by atoms with E-state index < -0.39 is 24.5 Å². The maximum atomic E-state index is 13.1. The lowest BCUT2D eigenvalue weighted by molar-refractivity contribution is -0.140. The van der Waals surface area contributed by atoms with Crippen LogP contribution in [0.25, 0.3) is 16.2 Å². The fourth-order valence-electron chi connectivity index (χ4n) is 3.27. The average Bonchev–Trinajstić information content (AvgIpc) is 3.25. The van der Waals surface area contributed by atoms with E-state index in [1.54, 1.807) is 22.8 Å². The van der Waals surface area contributed by atoms with Crippen LogP contribution < -0.4 is 10.2 Å². The van der Waals surface area contributed by atoms with Gasteiger partial charge in [0.05, 0.1) is 17.8 Å². The number of benzene rings is 1. The van der Waals surface area contributed by atoms with E-state index in [4.69, 9.17) is 0 Å². The fourth-order valence-corrected chi connectivity index (χ4v) is 4.19. The number of rotatable bonds is 4. The molecule has 4 rings (SSSR count). The van der Waals surface area contributed by atoms with E-state index in [1.807, 2.05) is 10.2 Å². The Morgan fingerprint density at radius 3 is 2.72 bits per heavy atom. The van der Waals surface area contributed by atoms with Gasteiger partial charge in [-0.15, -0.1) is 5.10 Å². The highest BCUT2D eigenvalue weighted by Gasteiger charge is 2.32. The van der Waals surface area contributed by atoms with Gasteiger partial charge in [-0.25, -0.2) is 13.9 Å². The van der Waals surface area contributed by atoms with Crippen LogP contribution in [0.2, 0.25) is 0 Å². The zero-order valence-corrected chi connectivity index (χ0v) is 15.9. The Bertz CT molecular complexity index is 982. The van der Waals surface area contributed by atoms with Gasteiger partial charge in [0.1, 0.15) is 12.4 Å². The predicted molar refractivity (Wildman–Crippen MR) is 100 cm³/mol. The van der Waals surface area contributed by atoms with Gasteiger partial charge in [0.15, 0.2) is 0 Å². The Hall–Kier alpha value is -2.69. The van der Waals surface area contributed by atoms with Crippen molar-refractivity contribution in [3.8, 4) is 11.3 Å². The number of nitrogens with one attached hydrogen (secondary N) is 1. The standard InChI is InChI=1S/C18H17F4N5OS/c19-13-5-3-11(4-6-13)14-9-27-16(24-14)29-17(25-27)26-7-1-2-12(8-26)15(28)23-10-18(20,21)22/h3-6,9,12H,1-2,7-8,10H2,(H,23,28). The van der Waals surface area contributed by atoms with Crippen molar-refractivity contribution in [2.24, 2.45) is 5.92 Å². The van der Waals surface area contributed by atoms with Gasteiger partial charge in [-0.05, 0) is 37.1 Å². The van der Waals surface area contributed by atoms with E-state index in [9.17, 15) is 22.4 Å². The Balaban J connectivity index is 1.46. The second-order valence-corrected chi connectivity index (χ2v) is 7.80. The topological polar surface area (TPSA) is 62.5 Å². The number of hydrogen-bond acceptors (Lipinski definition) is 5. The molecule has 1 atom stereocenters. The van der Waals surface area contributed by atoms with Gasteiger partial charge in [0.2, 0.25) is 16.0 Å². The van der Waals surface area contributed by atoms with E-state index in [0.717, 1.165) is 5.56 Å². The molecule has 1 unspecified atom stereocenters. The molecule has 3 heterocycles. The number of hydrogen-bond donors (Lipinski definition) is 1. The van der Waals surface area contributed by atoms with Gasteiger partial charge in [0, 0.05) is 18.7 Å². The largest absolute Gasteiger partial charge is 0.405 e. The van der Waals surface area contributed by atoms with Gasteiger partial charge in [-0.2, -0.15) is 13.2 Å². The first-order chi connectivity index (χ1) is 13.8. The zero-order valence-electron chi connectivity index (χ0n) is 15.1. The molecule has 0 saturated carbocycles. The monoisotopic (exact) mass is 427 g/mol. The minimum Gasteiger partial charge on any atom is -0.347 e. The Kier molecular flexibility index (Phi) is 5.15. The summed E-state index contributed by atoms with van der Waals surface area (Å²) in [6.07, 6.45) is -1.46. The number of piperidine rings is 1. The molecular formula is C18H17F4N5OS. The summed E-state index contributed by atoms with van der Waals surface area (Å²) in [7, 11) is 0. The molecule has 1 aliphatic rings. The second-order valence-electron chi connectivity index (χ2n) is 6.86. The maximum absolute atomic E-state index is 13.1. The Labute approximate surface area is 167 Å². The van der Waals surface area contributed by atoms with Crippen molar-refractivity contribution in [2.45, 2.75) is 19.0 Å². The molecule has 0 spiro atoms. The fraction of sp³-hybridized carbons (Fsp3) is 0.389. The number of carbonyl (C=O) groups is 1. The molecule has 6 nitrogen and oxygen atoms in total. The van der Waals surface area contributed by atoms with Crippen molar-refractivity contribution in [1.29, 1.82) is 0 Å². The van der Waals surface area contributed by atoms with Crippen LogP contribution in [0.3, 0.4) is 0 Å². The molecule has 1 saturated heterocycles. The molecule has 3 aromatic rings. The van der Waals surface area contributed by atoms with E-state index in [0.29, 0.717) is 41.7 Å². The molecule has 0 radical (unpaired) electrons. The summed E-state index contributed by atoms with van der Waals surface area (Å²) in [6.45, 7) is -0.338. The predicted octanol–water partition coefficient (Wildman–Crippen LogP) is 3.49. The Morgan fingerprint density at radius 1 is 1.28 bits per heavy atom. The normalized spacial score (nSPS) is 17.7. The summed E-state index contributed by atoms with van der Waals surface area (Å²) in [5.41, 5.74) is 1.43. The SMILES string of the molecule is O=C(NCC(F)(F)F)C1CCCN(c2nn3cc(-c4ccc(F)cc4)nc3s2)C1. The lowest BCUT2D eigenvalue weighted by atomic mass is 9.97. The molecule has 0 bridgehead atoms. The van der Waals surface area contributed by atoms with E-state index in [-0.39, 0.29) is 5.82 Å². The van der Waals surface area contributed by atoms with Crippen LogP contribution in [-0.4, -0.2) is 46.3 Å². The Morgan fingerprint density at radius 2 is 2.03 bits per heavy atom. The van der Waals surface area contributed by atoms with Crippen LogP contribution >= 0.6 is 11.3 Å². The molecule has 2 aromatic heterocycles. The number of carbonyl (C=O) groups excluding carboxylic acids is 1. The maximum Gasteiger partial charge on any atom is 0.405 e. The number of nitrogens with zero attached hydrogens (tertiary/aromatic N) is 4. The highest BCUT2D eigenvalue weighted by Crippen LogP contribution is 2.30. The number of alkyl halides is 3. The minimum atomic E-state index is -4.42. The summed E-state index contributed by atoms with van der Waals surface area (Å²) < 4.78 is 51.7. The molecule has 1 amide bonds. The van der Waals surface area contributed by atoms with E-state index in [2.05, 4.69) is 10.1 Å². The molecule has 11 heteroatoms. The summed E-state index contributed by atoms with van der Waals surface area (Å²) >= 11 is 1.33. The van der Waals surface area contributed by atoms with Crippen LogP contribution in [0, 0.1) is 11.7 Å². The number of fused-ring (bicyclic) bond motifs is 1. The van der Waals surface area contributed by atoms with Gasteiger partial charge < -0.3 is 10.2 Å². The second kappa shape index (κ2) is 7.62. The third-order valence-corrected chi connectivity index (χ3v) is 5.68. The van der Waals surface area contributed by atoms with Crippen LogP contribution in [-0.2, 0) is 4.79 Å². The van der Waals surface area contributed by atoms with Gasteiger partial charge >= 0.3 is 6.18 Å². The van der Waals surface area contributed by atoms with Crippen molar-refractivity contribution in [2.75, 3.05) is 24.5 Å². The molecule has 0 aliphatic carbocycles. The van der Waals surface area contributed by atoms with Crippen LogP contribution in [0.15, 0.2) is 30.5 Å². The first-order valence-corrected chi connectivity index (χ1v) is 9.82. The summed E-state index contributed by atoms with van der Waals surface area (Å²) in [5.74, 6) is -1.43. The van der Waals surface area contributed by atoms with Crippen LogP contribution in [0.1, 0.15) is 12.8 Å². The molecular weight excluding hydrogens is 410 g/mol. The quantitative estimate of drug-likeness (QED) is 0.648. The highest BCUT2D eigenvalue weighted by molar-refractivity contribution is 7.20. The number of amides is 1.